The number of aryl methyl sites for hydroxylation is 1. The molecule has 1 rings (SSSR count). The van der Waals surface area contributed by atoms with Crippen LogP contribution in [0.5, 0.6) is 0 Å². The van der Waals surface area contributed by atoms with Crippen LogP contribution in [0.25, 0.3) is 0 Å². The maximum Gasteiger partial charge on any atom is 0.327 e. The van der Waals surface area contributed by atoms with Crippen LogP contribution in [0.15, 0.2) is 5.38 Å². The Labute approximate surface area is 120 Å². The zero-order valence-electron chi connectivity index (χ0n) is 11.0. The van der Waals surface area contributed by atoms with E-state index in [0.29, 0.717) is 11.5 Å². The Bertz CT molecular complexity index is 434. The van der Waals surface area contributed by atoms with Crippen LogP contribution in [0.2, 0.25) is 0 Å². The minimum Gasteiger partial charge on any atom is -0.480 e. The van der Waals surface area contributed by atoms with Crippen LogP contribution in [0, 0.1) is 0 Å². The number of aromatic nitrogens is 1. The number of hydrogen-bond acceptors (Lipinski definition) is 5. The first-order chi connectivity index (χ1) is 9.02. The molecule has 7 heteroatoms. The molecule has 0 spiro atoms. The molecule has 0 unspecified atom stereocenters. The lowest BCUT2D eigenvalue weighted by Crippen LogP contribution is -2.41. The second kappa shape index (κ2) is 8.16. The molecule has 1 aromatic heterocycles. The summed E-state index contributed by atoms with van der Waals surface area (Å²) < 4.78 is 0. The molecule has 0 bridgehead atoms. The highest BCUT2D eigenvalue weighted by Crippen LogP contribution is 2.17. The van der Waals surface area contributed by atoms with Crippen LogP contribution in [-0.2, 0) is 21.8 Å². The van der Waals surface area contributed by atoms with Crippen molar-refractivity contribution in [2.75, 3.05) is 5.75 Å². The van der Waals surface area contributed by atoms with E-state index in [1.807, 2.05) is 5.38 Å². The minimum atomic E-state index is -1.01. The van der Waals surface area contributed by atoms with Crippen molar-refractivity contribution in [3.8, 4) is 0 Å². The summed E-state index contributed by atoms with van der Waals surface area (Å²) in [6.07, 6.45) is 2.06. The normalized spacial score (nSPS) is 12.1. The molecule has 0 aliphatic carbocycles. The minimum absolute atomic E-state index is 0.327. The fraction of sp³-hybridized carbons (Fsp3) is 0.583. The van der Waals surface area contributed by atoms with Crippen molar-refractivity contribution >= 4 is 35.0 Å². The van der Waals surface area contributed by atoms with Crippen LogP contribution >= 0.6 is 23.1 Å². The number of rotatable bonds is 8. The van der Waals surface area contributed by atoms with Crippen molar-refractivity contribution in [2.45, 2.75) is 38.5 Å². The summed E-state index contributed by atoms with van der Waals surface area (Å²) >= 11 is 3.10. The van der Waals surface area contributed by atoms with Gasteiger partial charge in [-0.25, -0.2) is 9.78 Å². The number of nitrogens with one attached hydrogen (secondary N) is 1. The van der Waals surface area contributed by atoms with Crippen molar-refractivity contribution in [1.29, 1.82) is 0 Å². The van der Waals surface area contributed by atoms with Crippen molar-refractivity contribution in [3.63, 3.8) is 0 Å². The quantitative estimate of drug-likeness (QED) is 0.767. The lowest BCUT2D eigenvalue weighted by atomic mass is 10.3. The van der Waals surface area contributed by atoms with E-state index in [1.54, 1.807) is 11.3 Å². The summed E-state index contributed by atoms with van der Waals surface area (Å²) in [5, 5.41) is 14.5. The molecule has 0 aromatic carbocycles. The van der Waals surface area contributed by atoms with Crippen LogP contribution < -0.4 is 5.32 Å². The predicted octanol–water partition coefficient (Wildman–Crippen LogP) is 1.92. The molecule has 0 radical (unpaired) electrons. The highest BCUT2D eigenvalue weighted by Gasteiger charge is 2.18. The van der Waals surface area contributed by atoms with Gasteiger partial charge >= 0.3 is 5.97 Å². The summed E-state index contributed by atoms with van der Waals surface area (Å²) in [6, 6.07) is -0.837. The van der Waals surface area contributed by atoms with E-state index in [0.717, 1.165) is 23.5 Å². The van der Waals surface area contributed by atoms with E-state index in [-0.39, 0.29) is 5.91 Å². The SMILES string of the molecule is CCCc1nc(CSC[C@H](NC(C)=O)C(=O)O)cs1. The Balaban J connectivity index is 2.38. The first kappa shape index (κ1) is 16.0. The third-order valence-corrected chi connectivity index (χ3v) is 4.30. The number of thioether (sulfide) groups is 1. The Kier molecular flexibility index (Phi) is 6.86. The van der Waals surface area contributed by atoms with Gasteiger partial charge in [0.25, 0.3) is 0 Å². The summed E-state index contributed by atoms with van der Waals surface area (Å²) in [5.41, 5.74) is 0.977. The Morgan fingerprint density at radius 1 is 1.58 bits per heavy atom. The Morgan fingerprint density at radius 3 is 2.89 bits per heavy atom. The van der Waals surface area contributed by atoms with Crippen molar-refractivity contribution in [2.24, 2.45) is 0 Å². The molecule has 0 fully saturated rings. The van der Waals surface area contributed by atoms with Crippen molar-refractivity contribution in [1.82, 2.24) is 10.3 Å². The third-order valence-electron chi connectivity index (χ3n) is 2.27. The van der Waals surface area contributed by atoms with E-state index in [9.17, 15) is 9.59 Å². The molecule has 1 amide bonds. The number of carbonyl (C=O) groups excluding carboxylic acids is 1. The number of aliphatic carboxylic acids is 1. The van der Waals surface area contributed by atoms with Gasteiger partial charge in [0.2, 0.25) is 5.91 Å². The van der Waals surface area contributed by atoms with E-state index in [2.05, 4.69) is 17.2 Å². The molecule has 2 N–H and O–H groups in total. The second-order valence-corrected chi connectivity index (χ2v) is 6.06. The largest absolute Gasteiger partial charge is 0.480 e. The summed E-state index contributed by atoms with van der Waals surface area (Å²) in [4.78, 5) is 26.3. The second-order valence-electron chi connectivity index (χ2n) is 4.09. The smallest absolute Gasteiger partial charge is 0.327 e. The number of carboxylic acids is 1. The molecule has 5 nitrogen and oxygen atoms in total. The molecule has 0 aliphatic rings. The third kappa shape index (κ3) is 6.07. The summed E-state index contributed by atoms with van der Waals surface area (Å²) in [6.45, 7) is 3.43. The Hall–Kier alpha value is -1.08. The van der Waals surface area contributed by atoms with E-state index < -0.39 is 12.0 Å². The average molecular weight is 302 g/mol. The maximum absolute atomic E-state index is 10.9. The highest BCUT2D eigenvalue weighted by molar-refractivity contribution is 7.98. The number of hydrogen-bond donors (Lipinski definition) is 2. The number of thiazole rings is 1. The molecule has 19 heavy (non-hydrogen) atoms. The van der Waals surface area contributed by atoms with Gasteiger partial charge in [-0.05, 0) is 12.8 Å². The molecule has 1 atom stereocenters. The topological polar surface area (TPSA) is 79.3 Å². The highest BCUT2D eigenvalue weighted by atomic mass is 32.2. The van der Waals surface area contributed by atoms with Crippen LogP contribution in [0.4, 0.5) is 0 Å². The lowest BCUT2D eigenvalue weighted by Gasteiger charge is -2.11. The fourth-order valence-corrected chi connectivity index (χ4v) is 3.39. The van der Waals surface area contributed by atoms with Crippen LogP contribution in [0.1, 0.15) is 31.0 Å². The number of amides is 1. The van der Waals surface area contributed by atoms with Gasteiger partial charge < -0.3 is 10.4 Å². The monoisotopic (exact) mass is 302 g/mol. The standard InChI is InChI=1S/C12H18N2O3S2/c1-3-4-11-14-9(6-19-11)5-18-7-10(12(16)17)13-8(2)15/h6,10H,3-5,7H2,1-2H3,(H,13,15)(H,16,17)/t10-/m0/s1. The van der Waals surface area contributed by atoms with Gasteiger partial charge in [0.1, 0.15) is 6.04 Å². The summed E-state index contributed by atoms with van der Waals surface area (Å²) in [7, 11) is 0. The van der Waals surface area contributed by atoms with Gasteiger partial charge in [-0.3, -0.25) is 4.79 Å². The molecular weight excluding hydrogens is 284 g/mol. The number of nitrogens with zero attached hydrogens (tertiary/aromatic N) is 1. The van der Waals surface area contributed by atoms with Gasteiger partial charge in [-0.2, -0.15) is 11.8 Å². The Morgan fingerprint density at radius 2 is 2.32 bits per heavy atom. The molecule has 1 heterocycles. The van der Waals surface area contributed by atoms with Gasteiger partial charge in [0.05, 0.1) is 10.7 Å². The van der Waals surface area contributed by atoms with Gasteiger partial charge in [0.15, 0.2) is 0 Å². The number of carboxylic acid groups (broad SMARTS) is 1. The van der Waals surface area contributed by atoms with Crippen molar-refractivity contribution < 1.29 is 14.7 Å². The molecule has 1 aromatic rings. The van der Waals surface area contributed by atoms with E-state index in [1.165, 1.54) is 18.7 Å². The molecule has 0 saturated heterocycles. The summed E-state index contributed by atoms with van der Waals surface area (Å²) in [5.74, 6) is -0.321. The average Bonchev–Trinajstić information content (AvgIpc) is 2.75. The van der Waals surface area contributed by atoms with Gasteiger partial charge in [-0.15, -0.1) is 11.3 Å². The fourth-order valence-electron chi connectivity index (χ4n) is 1.45. The molecule has 0 aliphatic heterocycles. The van der Waals surface area contributed by atoms with Gasteiger partial charge in [0, 0.05) is 23.8 Å². The number of carbonyl (C=O) groups is 2. The zero-order valence-corrected chi connectivity index (χ0v) is 12.6. The predicted molar refractivity (Wildman–Crippen MR) is 77.5 cm³/mol. The van der Waals surface area contributed by atoms with Crippen molar-refractivity contribution in [3.05, 3.63) is 16.1 Å². The van der Waals surface area contributed by atoms with Gasteiger partial charge in [-0.1, -0.05) is 6.92 Å². The van der Waals surface area contributed by atoms with E-state index >= 15 is 0 Å². The molecule has 0 saturated carbocycles. The molecule has 106 valence electrons. The maximum atomic E-state index is 10.9. The first-order valence-electron chi connectivity index (χ1n) is 6.03. The van der Waals surface area contributed by atoms with Crippen LogP contribution in [0.3, 0.4) is 0 Å². The van der Waals surface area contributed by atoms with E-state index in [4.69, 9.17) is 5.11 Å². The first-order valence-corrected chi connectivity index (χ1v) is 8.07. The zero-order chi connectivity index (χ0) is 14.3. The molecular formula is C12H18N2O3S2. The lowest BCUT2D eigenvalue weighted by molar-refractivity contribution is -0.140. The van der Waals surface area contributed by atoms with Crippen LogP contribution in [-0.4, -0.2) is 33.8 Å².